The standard InChI is InChI=1S/C21H23ClN6OS/c22-16-10-14-12-29-11-13-2-1-3-15(17(13)14)18(16)19-25-20(23)27-21(26-19)30-9-8-28-6-4-24-5-7-28/h1-3,10,24H,4-9,11-12H2,(H2,23,25,26,27). The molecule has 3 N–H and O–H groups in total. The van der Waals surface area contributed by atoms with Crippen molar-refractivity contribution in [1.29, 1.82) is 0 Å². The second-order valence-electron chi connectivity index (χ2n) is 7.46. The number of anilines is 1. The van der Waals surface area contributed by atoms with Crippen molar-refractivity contribution >= 4 is 40.1 Å². The van der Waals surface area contributed by atoms with E-state index in [1.807, 2.05) is 12.1 Å². The molecule has 1 aromatic heterocycles. The Morgan fingerprint density at radius 3 is 2.83 bits per heavy atom. The summed E-state index contributed by atoms with van der Waals surface area (Å²) >= 11 is 8.30. The van der Waals surface area contributed by atoms with Crippen LogP contribution in [0.1, 0.15) is 11.1 Å². The summed E-state index contributed by atoms with van der Waals surface area (Å²) in [5.41, 5.74) is 9.09. The number of hydrogen-bond acceptors (Lipinski definition) is 8. The van der Waals surface area contributed by atoms with E-state index in [0.29, 0.717) is 29.2 Å². The van der Waals surface area contributed by atoms with Crippen LogP contribution in [0.5, 0.6) is 0 Å². The second kappa shape index (κ2) is 8.64. The number of nitrogens with zero attached hydrogens (tertiary/aromatic N) is 4. The normalized spacial score (nSPS) is 16.8. The van der Waals surface area contributed by atoms with E-state index in [-0.39, 0.29) is 5.95 Å². The van der Waals surface area contributed by atoms with Gasteiger partial charge in [0.2, 0.25) is 5.95 Å². The minimum atomic E-state index is 0.213. The van der Waals surface area contributed by atoms with E-state index >= 15 is 0 Å². The highest BCUT2D eigenvalue weighted by Gasteiger charge is 2.21. The molecule has 2 aliphatic heterocycles. The zero-order valence-electron chi connectivity index (χ0n) is 16.5. The third-order valence-corrected chi connectivity index (χ3v) is 6.63. The summed E-state index contributed by atoms with van der Waals surface area (Å²) in [6, 6.07) is 8.12. The van der Waals surface area contributed by atoms with Gasteiger partial charge in [-0.1, -0.05) is 41.6 Å². The van der Waals surface area contributed by atoms with E-state index in [0.717, 1.165) is 60.6 Å². The third-order valence-electron chi connectivity index (χ3n) is 5.50. The van der Waals surface area contributed by atoms with E-state index in [1.165, 1.54) is 5.39 Å². The molecule has 0 saturated carbocycles. The Kier molecular flexibility index (Phi) is 5.75. The van der Waals surface area contributed by atoms with Crippen molar-refractivity contribution in [3.05, 3.63) is 40.4 Å². The molecular weight excluding hydrogens is 420 g/mol. The number of rotatable bonds is 5. The van der Waals surface area contributed by atoms with Gasteiger partial charge in [-0.25, -0.2) is 4.98 Å². The van der Waals surface area contributed by atoms with Gasteiger partial charge in [-0.2, -0.15) is 9.97 Å². The number of nitrogens with one attached hydrogen (secondary N) is 1. The molecule has 1 fully saturated rings. The number of halogens is 1. The van der Waals surface area contributed by atoms with Crippen molar-refractivity contribution in [2.24, 2.45) is 0 Å². The number of hydrogen-bond donors (Lipinski definition) is 2. The van der Waals surface area contributed by atoms with E-state index in [4.69, 9.17) is 27.1 Å². The molecule has 5 rings (SSSR count). The molecule has 2 aliphatic rings. The molecule has 0 amide bonds. The van der Waals surface area contributed by atoms with Crippen LogP contribution in [0.2, 0.25) is 5.02 Å². The Bertz CT molecular complexity index is 1090. The van der Waals surface area contributed by atoms with Crippen molar-refractivity contribution in [2.45, 2.75) is 18.4 Å². The highest BCUT2D eigenvalue weighted by atomic mass is 35.5. The summed E-state index contributed by atoms with van der Waals surface area (Å²) < 4.78 is 5.69. The zero-order chi connectivity index (χ0) is 20.5. The molecular formula is C21H23ClN6OS. The first-order chi connectivity index (χ1) is 14.7. The fraction of sp³-hybridized carbons (Fsp3) is 0.381. The first kappa shape index (κ1) is 20.0. The Balaban J connectivity index is 1.47. The summed E-state index contributed by atoms with van der Waals surface area (Å²) in [5, 5.41) is 6.81. The predicted molar refractivity (Wildman–Crippen MR) is 121 cm³/mol. The van der Waals surface area contributed by atoms with Gasteiger partial charge in [0.25, 0.3) is 0 Å². The van der Waals surface area contributed by atoms with Crippen LogP contribution in [0, 0.1) is 0 Å². The number of benzene rings is 2. The molecule has 3 aromatic rings. The lowest BCUT2D eigenvalue weighted by Gasteiger charge is -2.26. The van der Waals surface area contributed by atoms with Gasteiger partial charge in [0.05, 0.1) is 18.2 Å². The quantitative estimate of drug-likeness (QED) is 0.583. The maximum Gasteiger partial charge on any atom is 0.224 e. The van der Waals surface area contributed by atoms with Gasteiger partial charge in [-0.05, 0) is 28.0 Å². The fourth-order valence-electron chi connectivity index (χ4n) is 4.10. The SMILES string of the molecule is Nc1nc(SCCN2CCNCC2)nc(-c2c(Cl)cc3c4c(cccc24)COC3)n1. The van der Waals surface area contributed by atoms with Gasteiger partial charge in [-0.3, -0.25) is 4.90 Å². The predicted octanol–water partition coefficient (Wildman–Crippen LogP) is 2.95. The topological polar surface area (TPSA) is 89.2 Å². The van der Waals surface area contributed by atoms with Gasteiger partial charge in [-0.15, -0.1) is 0 Å². The van der Waals surface area contributed by atoms with Crippen LogP contribution in [-0.4, -0.2) is 58.3 Å². The number of piperazine rings is 1. The van der Waals surface area contributed by atoms with Crippen LogP contribution in [0.3, 0.4) is 0 Å². The number of aromatic nitrogens is 3. The van der Waals surface area contributed by atoms with Crippen molar-refractivity contribution in [1.82, 2.24) is 25.2 Å². The molecule has 0 bridgehead atoms. The van der Waals surface area contributed by atoms with Crippen molar-refractivity contribution in [3.63, 3.8) is 0 Å². The lowest BCUT2D eigenvalue weighted by Crippen LogP contribution is -2.44. The summed E-state index contributed by atoms with van der Waals surface area (Å²) in [4.78, 5) is 15.9. The first-order valence-corrected chi connectivity index (χ1v) is 11.4. The molecule has 2 aromatic carbocycles. The van der Waals surface area contributed by atoms with E-state index in [1.54, 1.807) is 11.8 Å². The lowest BCUT2D eigenvalue weighted by molar-refractivity contribution is 0.103. The van der Waals surface area contributed by atoms with Crippen LogP contribution in [0.4, 0.5) is 5.95 Å². The number of thioether (sulfide) groups is 1. The van der Waals surface area contributed by atoms with Crippen molar-refractivity contribution < 1.29 is 4.74 Å². The largest absolute Gasteiger partial charge is 0.372 e. The van der Waals surface area contributed by atoms with E-state index < -0.39 is 0 Å². The van der Waals surface area contributed by atoms with Crippen molar-refractivity contribution in [3.8, 4) is 11.4 Å². The molecule has 30 heavy (non-hydrogen) atoms. The molecule has 156 valence electrons. The van der Waals surface area contributed by atoms with Crippen LogP contribution in [0.25, 0.3) is 22.2 Å². The van der Waals surface area contributed by atoms with Crippen LogP contribution < -0.4 is 11.1 Å². The van der Waals surface area contributed by atoms with Crippen LogP contribution in [0.15, 0.2) is 29.4 Å². The van der Waals surface area contributed by atoms with Gasteiger partial charge in [0.15, 0.2) is 11.0 Å². The molecule has 9 heteroatoms. The molecule has 3 heterocycles. The Morgan fingerprint density at radius 2 is 1.97 bits per heavy atom. The zero-order valence-corrected chi connectivity index (χ0v) is 18.1. The molecule has 0 spiro atoms. The second-order valence-corrected chi connectivity index (χ2v) is 8.93. The summed E-state index contributed by atoms with van der Waals surface area (Å²) in [6.07, 6.45) is 0. The van der Waals surface area contributed by atoms with Gasteiger partial charge in [0.1, 0.15) is 0 Å². The fourth-order valence-corrected chi connectivity index (χ4v) is 5.25. The lowest BCUT2D eigenvalue weighted by atomic mass is 9.94. The van der Waals surface area contributed by atoms with Gasteiger partial charge < -0.3 is 15.8 Å². The van der Waals surface area contributed by atoms with Crippen LogP contribution in [-0.2, 0) is 18.0 Å². The monoisotopic (exact) mass is 442 g/mol. The molecule has 0 aliphatic carbocycles. The summed E-state index contributed by atoms with van der Waals surface area (Å²) in [6.45, 7) is 6.38. The van der Waals surface area contributed by atoms with Gasteiger partial charge >= 0.3 is 0 Å². The smallest absolute Gasteiger partial charge is 0.224 e. The minimum absolute atomic E-state index is 0.213. The first-order valence-electron chi connectivity index (χ1n) is 10.1. The molecule has 0 unspecified atom stereocenters. The third kappa shape index (κ3) is 3.98. The maximum atomic E-state index is 6.69. The molecule has 7 nitrogen and oxygen atoms in total. The van der Waals surface area contributed by atoms with Gasteiger partial charge in [0, 0.05) is 44.0 Å². The van der Waals surface area contributed by atoms with Crippen LogP contribution >= 0.6 is 23.4 Å². The summed E-state index contributed by atoms with van der Waals surface area (Å²) in [5.74, 6) is 1.63. The minimum Gasteiger partial charge on any atom is -0.372 e. The summed E-state index contributed by atoms with van der Waals surface area (Å²) in [7, 11) is 0. The maximum absolute atomic E-state index is 6.69. The van der Waals surface area contributed by atoms with E-state index in [9.17, 15) is 0 Å². The highest BCUT2D eigenvalue weighted by Crippen LogP contribution is 2.39. The number of ether oxygens (including phenoxy) is 1. The average Bonchev–Trinajstić information content (AvgIpc) is 2.74. The Morgan fingerprint density at radius 1 is 1.13 bits per heavy atom. The molecule has 1 saturated heterocycles. The molecule has 0 atom stereocenters. The highest BCUT2D eigenvalue weighted by molar-refractivity contribution is 7.99. The number of nitrogens with two attached hydrogens (primary N) is 1. The molecule has 0 radical (unpaired) electrons. The Labute approximate surface area is 184 Å². The Hall–Kier alpha value is -1.97. The number of nitrogen functional groups attached to an aromatic ring is 1. The van der Waals surface area contributed by atoms with E-state index in [2.05, 4.69) is 32.3 Å². The average molecular weight is 443 g/mol. The van der Waals surface area contributed by atoms with Crippen molar-refractivity contribution in [2.75, 3.05) is 44.2 Å².